The van der Waals surface area contributed by atoms with E-state index in [2.05, 4.69) is 86.2 Å². The number of esters is 1. The normalized spacial score (nSPS) is 12.1. The van der Waals surface area contributed by atoms with E-state index in [1.807, 2.05) is 6.07 Å². The van der Waals surface area contributed by atoms with Crippen molar-refractivity contribution in [1.82, 2.24) is 0 Å². The van der Waals surface area contributed by atoms with Gasteiger partial charge < -0.3 is 4.74 Å². The molecule has 2 nitrogen and oxygen atoms in total. The summed E-state index contributed by atoms with van der Waals surface area (Å²) in [7, 11) is 0. The molecule has 0 spiro atoms. The molecule has 0 radical (unpaired) electrons. The van der Waals surface area contributed by atoms with E-state index in [1.54, 1.807) is 0 Å². The SMILES string of the molecule is C=CC(=O)OCC(Br)c1cc(Br)c(Br)c(Br)c1Br. The Morgan fingerprint density at radius 3 is 2.44 bits per heavy atom. The van der Waals surface area contributed by atoms with Crippen molar-refractivity contribution >= 4 is 85.6 Å². The van der Waals surface area contributed by atoms with E-state index < -0.39 is 5.97 Å². The average molecular weight is 571 g/mol. The van der Waals surface area contributed by atoms with Crippen LogP contribution in [0.2, 0.25) is 0 Å². The molecule has 7 heteroatoms. The van der Waals surface area contributed by atoms with Crippen molar-refractivity contribution in [2.75, 3.05) is 6.61 Å². The molecule has 1 unspecified atom stereocenters. The molecule has 0 bridgehead atoms. The molecular weight excluding hydrogens is 564 g/mol. The number of halogens is 5. The van der Waals surface area contributed by atoms with Gasteiger partial charge in [-0.1, -0.05) is 22.5 Å². The summed E-state index contributed by atoms with van der Waals surface area (Å²) in [6.45, 7) is 3.57. The van der Waals surface area contributed by atoms with E-state index in [0.717, 1.165) is 29.5 Å². The third-order valence-electron chi connectivity index (χ3n) is 2.01. The van der Waals surface area contributed by atoms with Gasteiger partial charge in [0, 0.05) is 24.0 Å². The topological polar surface area (TPSA) is 26.3 Å². The van der Waals surface area contributed by atoms with Gasteiger partial charge in [0.15, 0.2) is 0 Å². The van der Waals surface area contributed by atoms with Gasteiger partial charge in [-0.3, -0.25) is 0 Å². The van der Waals surface area contributed by atoms with Crippen molar-refractivity contribution in [3.63, 3.8) is 0 Å². The smallest absolute Gasteiger partial charge is 0.330 e. The Labute approximate surface area is 147 Å². The minimum absolute atomic E-state index is 0.114. The van der Waals surface area contributed by atoms with Crippen LogP contribution < -0.4 is 0 Å². The molecular formula is C11H7Br5O2. The zero-order valence-electron chi connectivity index (χ0n) is 8.85. The van der Waals surface area contributed by atoms with Crippen LogP contribution in [0.25, 0.3) is 0 Å². The molecule has 18 heavy (non-hydrogen) atoms. The Kier molecular flexibility index (Phi) is 7.10. The van der Waals surface area contributed by atoms with Gasteiger partial charge in [0.2, 0.25) is 0 Å². The van der Waals surface area contributed by atoms with Crippen molar-refractivity contribution in [2.24, 2.45) is 0 Å². The summed E-state index contributed by atoms with van der Waals surface area (Å²) in [6.07, 6.45) is 1.14. The molecule has 0 aliphatic carbocycles. The van der Waals surface area contributed by atoms with Crippen molar-refractivity contribution in [3.05, 3.63) is 42.2 Å². The van der Waals surface area contributed by atoms with Gasteiger partial charge in [-0.25, -0.2) is 4.79 Å². The molecule has 0 saturated carbocycles. The second-order valence-electron chi connectivity index (χ2n) is 3.19. The van der Waals surface area contributed by atoms with Crippen LogP contribution in [-0.2, 0) is 9.53 Å². The van der Waals surface area contributed by atoms with Gasteiger partial charge in [-0.05, 0) is 75.3 Å². The molecule has 0 N–H and O–H groups in total. The highest BCUT2D eigenvalue weighted by Gasteiger charge is 2.18. The first-order valence-electron chi connectivity index (χ1n) is 4.64. The van der Waals surface area contributed by atoms with E-state index in [4.69, 9.17) is 4.74 Å². The van der Waals surface area contributed by atoms with Gasteiger partial charge >= 0.3 is 5.97 Å². The lowest BCUT2D eigenvalue weighted by molar-refractivity contribution is -0.137. The molecule has 98 valence electrons. The number of carbonyl (C=O) groups is 1. The van der Waals surface area contributed by atoms with E-state index in [9.17, 15) is 4.79 Å². The minimum atomic E-state index is -0.439. The third-order valence-corrected chi connectivity index (χ3v) is 7.46. The molecule has 1 rings (SSSR count). The summed E-state index contributed by atoms with van der Waals surface area (Å²) < 4.78 is 8.62. The first kappa shape index (κ1) is 16.9. The molecule has 0 aliphatic rings. The highest BCUT2D eigenvalue weighted by atomic mass is 79.9. The average Bonchev–Trinajstić information content (AvgIpc) is 2.37. The van der Waals surface area contributed by atoms with Crippen LogP contribution in [0.1, 0.15) is 10.4 Å². The fraction of sp³-hybridized carbons (Fsp3) is 0.182. The van der Waals surface area contributed by atoms with E-state index in [-0.39, 0.29) is 11.4 Å². The van der Waals surface area contributed by atoms with E-state index in [0.29, 0.717) is 0 Å². The summed E-state index contributed by atoms with van der Waals surface area (Å²) in [5.41, 5.74) is 0.966. The van der Waals surface area contributed by atoms with Crippen LogP contribution >= 0.6 is 79.6 Å². The van der Waals surface area contributed by atoms with Crippen LogP contribution in [-0.4, -0.2) is 12.6 Å². The van der Waals surface area contributed by atoms with Crippen molar-refractivity contribution in [3.8, 4) is 0 Å². The summed E-state index contributed by atoms with van der Waals surface area (Å²) in [5.74, 6) is -0.439. The molecule has 0 aliphatic heterocycles. The number of rotatable bonds is 4. The van der Waals surface area contributed by atoms with Gasteiger partial charge in [0.05, 0.1) is 4.83 Å². The lowest BCUT2D eigenvalue weighted by Crippen LogP contribution is -2.07. The Bertz CT molecular complexity index is 487. The first-order valence-corrected chi connectivity index (χ1v) is 8.73. The molecule has 1 atom stereocenters. The third kappa shape index (κ3) is 4.16. The highest BCUT2D eigenvalue weighted by Crippen LogP contribution is 2.42. The first-order chi connectivity index (χ1) is 8.38. The second kappa shape index (κ2) is 7.57. The summed E-state index contributed by atoms with van der Waals surface area (Å²) >= 11 is 17.4. The van der Waals surface area contributed by atoms with E-state index in [1.165, 1.54) is 0 Å². The van der Waals surface area contributed by atoms with Crippen LogP contribution in [0.4, 0.5) is 0 Å². The van der Waals surface area contributed by atoms with Gasteiger partial charge in [0.25, 0.3) is 0 Å². The fourth-order valence-corrected chi connectivity index (χ4v) is 4.24. The van der Waals surface area contributed by atoms with Crippen LogP contribution in [0.15, 0.2) is 36.6 Å². The maximum atomic E-state index is 11.0. The Morgan fingerprint density at radius 1 is 1.28 bits per heavy atom. The minimum Gasteiger partial charge on any atom is -0.461 e. The maximum absolute atomic E-state index is 11.0. The highest BCUT2D eigenvalue weighted by molar-refractivity contribution is 9.15. The molecule has 0 saturated heterocycles. The monoisotopic (exact) mass is 566 g/mol. The predicted molar refractivity (Wildman–Crippen MR) is 90.1 cm³/mol. The standard InChI is InChI=1S/C11H7Br5O2/c1-2-8(17)18-4-7(13)5-3-6(12)10(15)11(16)9(5)14/h2-3,7H,1,4H2. The summed E-state index contributed by atoms with van der Waals surface area (Å²) in [6, 6.07) is 1.94. The maximum Gasteiger partial charge on any atom is 0.330 e. The van der Waals surface area contributed by atoms with Crippen LogP contribution in [0.5, 0.6) is 0 Å². The molecule has 0 heterocycles. The number of hydrogen-bond donors (Lipinski definition) is 0. The quantitative estimate of drug-likeness (QED) is 0.148. The van der Waals surface area contributed by atoms with Crippen LogP contribution in [0.3, 0.4) is 0 Å². The molecule has 1 aromatic rings. The Balaban J connectivity index is 2.96. The predicted octanol–water partition coefficient (Wildman–Crippen LogP) is 5.90. The summed E-state index contributed by atoms with van der Waals surface area (Å²) in [4.78, 5) is 10.9. The molecule has 0 amide bonds. The van der Waals surface area contributed by atoms with Crippen LogP contribution in [0, 0.1) is 0 Å². The fourth-order valence-electron chi connectivity index (χ4n) is 1.12. The number of benzene rings is 1. The Morgan fingerprint density at radius 2 is 1.89 bits per heavy atom. The second-order valence-corrected chi connectivity index (χ2v) is 7.53. The summed E-state index contributed by atoms with van der Waals surface area (Å²) in [5, 5.41) is 0. The van der Waals surface area contributed by atoms with Crippen molar-refractivity contribution in [2.45, 2.75) is 4.83 Å². The van der Waals surface area contributed by atoms with Gasteiger partial charge in [-0.2, -0.15) is 0 Å². The molecule has 1 aromatic carbocycles. The Hall–Kier alpha value is 0.830. The van der Waals surface area contributed by atoms with Gasteiger partial charge in [-0.15, -0.1) is 0 Å². The number of ether oxygens (including phenoxy) is 1. The van der Waals surface area contributed by atoms with Gasteiger partial charge in [0.1, 0.15) is 6.61 Å². The number of carbonyl (C=O) groups excluding carboxylic acids is 1. The largest absolute Gasteiger partial charge is 0.461 e. The van der Waals surface area contributed by atoms with Crippen molar-refractivity contribution < 1.29 is 9.53 Å². The lowest BCUT2D eigenvalue weighted by atomic mass is 10.2. The van der Waals surface area contributed by atoms with Crippen molar-refractivity contribution in [1.29, 1.82) is 0 Å². The number of alkyl halides is 1. The molecule has 0 aromatic heterocycles. The zero-order chi connectivity index (χ0) is 13.9. The molecule has 0 fully saturated rings. The zero-order valence-corrected chi connectivity index (χ0v) is 16.8. The van der Waals surface area contributed by atoms with E-state index >= 15 is 0 Å². The lowest BCUT2D eigenvalue weighted by Gasteiger charge is -2.15. The number of hydrogen-bond acceptors (Lipinski definition) is 2.